The Morgan fingerprint density at radius 2 is 1.82 bits per heavy atom. The predicted molar refractivity (Wildman–Crippen MR) is 110 cm³/mol. The highest BCUT2D eigenvalue weighted by molar-refractivity contribution is 5.77. The van der Waals surface area contributed by atoms with Crippen molar-refractivity contribution in [1.29, 1.82) is 0 Å². The number of rotatable bonds is 8. The molecule has 2 amide bonds. The molecule has 1 aromatic carbocycles. The molecule has 1 heterocycles. The molecular formula is C22H36N3O3+. The Labute approximate surface area is 169 Å². The minimum atomic E-state index is -0.255. The molecule has 28 heavy (non-hydrogen) atoms. The first-order valence-corrected chi connectivity index (χ1v) is 10.6. The van der Waals surface area contributed by atoms with E-state index in [1.165, 1.54) is 11.1 Å². The number of hydrogen-bond donors (Lipinski definition) is 2. The first kappa shape index (κ1) is 22.2. The van der Waals surface area contributed by atoms with Gasteiger partial charge in [0.2, 0.25) is 0 Å². The largest absolute Gasteiger partial charge is 0.450 e. The molecule has 1 aromatic rings. The van der Waals surface area contributed by atoms with E-state index in [0.29, 0.717) is 32.2 Å². The van der Waals surface area contributed by atoms with Crippen LogP contribution in [-0.2, 0) is 16.0 Å². The number of carbonyl (C=O) groups excluding carboxylic acids is 2. The van der Waals surface area contributed by atoms with Gasteiger partial charge in [-0.2, -0.15) is 0 Å². The van der Waals surface area contributed by atoms with Crippen molar-refractivity contribution in [3.8, 4) is 0 Å². The van der Waals surface area contributed by atoms with Crippen LogP contribution in [0.5, 0.6) is 0 Å². The number of nitrogens with zero attached hydrogens (tertiary/aromatic N) is 1. The number of nitrogens with two attached hydrogens (primary N) is 1. The highest BCUT2D eigenvalue weighted by atomic mass is 16.6. The monoisotopic (exact) mass is 390 g/mol. The standard InChI is InChI=1S/C22H35N3O3/c1-5-17-7-9-18(10-8-17)21(16(3)4)23-15-20(26)24-19-11-13-25(14-12-19)22(27)28-6-2/h7-10,16,19,21,23H,5-6,11-15H2,1-4H3,(H,24,26)/p+1/t21-/m1/s1. The summed E-state index contributed by atoms with van der Waals surface area (Å²) in [5.74, 6) is 0.499. The molecule has 1 fully saturated rings. The molecule has 0 bridgehead atoms. The first-order chi connectivity index (χ1) is 13.4. The van der Waals surface area contributed by atoms with Crippen molar-refractivity contribution in [1.82, 2.24) is 10.2 Å². The zero-order valence-corrected chi connectivity index (χ0v) is 17.7. The van der Waals surface area contributed by atoms with Gasteiger partial charge < -0.3 is 20.3 Å². The van der Waals surface area contributed by atoms with E-state index < -0.39 is 0 Å². The number of benzene rings is 1. The third-order valence-corrected chi connectivity index (χ3v) is 5.43. The number of piperidine rings is 1. The second-order valence-electron chi connectivity index (χ2n) is 7.83. The second kappa shape index (κ2) is 11.1. The lowest BCUT2D eigenvalue weighted by molar-refractivity contribution is -0.692. The topological polar surface area (TPSA) is 75.2 Å². The van der Waals surface area contributed by atoms with Gasteiger partial charge in [-0.15, -0.1) is 0 Å². The molecule has 3 N–H and O–H groups in total. The average molecular weight is 391 g/mol. The molecule has 0 saturated carbocycles. The summed E-state index contributed by atoms with van der Waals surface area (Å²) in [7, 11) is 0. The number of nitrogens with one attached hydrogen (secondary N) is 1. The fourth-order valence-corrected chi connectivity index (χ4v) is 3.71. The molecule has 2 rings (SSSR count). The summed E-state index contributed by atoms with van der Waals surface area (Å²) in [6.45, 7) is 10.4. The van der Waals surface area contributed by atoms with Crippen LogP contribution in [0.1, 0.15) is 57.7 Å². The van der Waals surface area contributed by atoms with E-state index in [1.54, 1.807) is 4.90 Å². The van der Waals surface area contributed by atoms with E-state index >= 15 is 0 Å². The lowest BCUT2D eigenvalue weighted by atomic mass is 9.95. The molecule has 1 atom stereocenters. The van der Waals surface area contributed by atoms with Crippen LogP contribution in [0.4, 0.5) is 4.79 Å². The molecule has 0 spiro atoms. The molecule has 6 nitrogen and oxygen atoms in total. The molecule has 0 aromatic heterocycles. The van der Waals surface area contributed by atoms with Crippen molar-refractivity contribution < 1.29 is 19.6 Å². The van der Waals surface area contributed by atoms with E-state index in [0.717, 1.165) is 19.3 Å². The van der Waals surface area contributed by atoms with Crippen molar-refractivity contribution in [2.45, 2.75) is 59.0 Å². The molecule has 6 heteroatoms. The van der Waals surface area contributed by atoms with Gasteiger partial charge >= 0.3 is 6.09 Å². The zero-order chi connectivity index (χ0) is 20.5. The Balaban J connectivity index is 1.79. The van der Waals surface area contributed by atoms with Crippen molar-refractivity contribution in [3.05, 3.63) is 35.4 Å². The van der Waals surface area contributed by atoms with Gasteiger partial charge in [-0.25, -0.2) is 4.79 Å². The van der Waals surface area contributed by atoms with E-state index in [1.807, 2.05) is 6.92 Å². The van der Waals surface area contributed by atoms with Crippen molar-refractivity contribution >= 4 is 12.0 Å². The van der Waals surface area contributed by atoms with Gasteiger partial charge in [0.25, 0.3) is 5.91 Å². The number of quaternary nitrogens is 1. The molecule has 1 aliphatic rings. The minimum Gasteiger partial charge on any atom is -0.450 e. The predicted octanol–water partition coefficient (Wildman–Crippen LogP) is 2.25. The maximum atomic E-state index is 12.4. The van der Waals surface area contributed by atoms with Crippen molar-refractivity contribution in [2.75, 3.05) is 26.2 Å². The second-order valence-corrected chi connectivity index (χ2v) is 7.83. The smallest absolute Gasteiger partial charge is 0.409 e. The Hall–Kier alpha value is -2.08. The summed E-state index contributed by atoms with van der Waals surface area (Å²) < 4.78 is 5.04. The van der Waals surface area contributed by atoms with Gasteiger partial charge in [-0.1, -0.05) is 45.0 Å². The molecule has 0 radical (unpaired) electrons. The number of likely N-dealkylation sites (tertiary alicyclic amines) is 1. The molecule has 1 saturated heterocycles. The highest BCUT2D eigenvalue weighted by Gasteiger charge is 2.26. The third-order valence-electron chi connectivity index (χ3n) is 5.43. The van der Waals surface area contributed by atoms with Crippen LogP contribution >= 0.6 is 0 Å². The quantitative estimate of drug-likeness (QED) is 0.715. The molecule has 1 aliphatic heterocycles. The Morgan fingerprint density at radius 3 is 2.36 bits per heavy atom. The van der Waals surface area contributed by atoms with Gasteiger partial charge in [0.15, 0.2) is 6.54 Å². The van der Waals surface area contributed by atoms with Gasteiger partial charge in [0.1, 0.15) is 6.04 Å². The summed E-state index contributed by atoms with van der Waals surface area (Å²) in [6.07, 6.45) is 2.33. The number of amides is 2. The van der Waals surface area contributed by atoms with E-state index in [-0.39, 0.29) is 24.1 Å². The van der Waals surface area contributed by atoms with Crippen molar-refractivity contribution in [2.24, 2.45) is 5.92 Å². The van der Waals surface area contributed by atoms with E-state index in [9.17, 15) is 9.59 Å². The van der Waals surface area contributed by atoms with Crippen LogP contribution < -0.4 is 10.6 Å². The van der Waals surface area contributed by atoms with Crippen LogP contribution in [0.2, 0.25) is 0 Å². The van der Waals surface area contributed by atoms with Crippen LogP contribution in [0, 0.1) is 5.92 Å². The molecule has 0 unspecified atom stereocenters. The first-order valence-electron chi connectivity index (χ1n) is 10.6. The third kappa shape index (κ3) is 6.51. The van der Waals surface area contributed by atoms with Gasteiger partial charge in [-0.3, -0.25) is 4.79 Å². The van der Waals surface area contributed by atoms with Crippen LogP contribution in [0.3, 0.4) is 0 Å². The normalized spacial score (nSPS) is 16.1. The maximum Gasteiger partial charge on any atom is 0.409 e. The van der Waals surface area contributed by atoms with Crippen LogP contribution in [0.15, 0.2) is 24.3 Å². The summed E-state index contributed by atoms with van der Waals surface area (Å²) in [4.78, 5) is 25.9. The van der Waals surface area contributed by atoms with E-state index in [4.69, 9.17) is 4.74 Å². The van der Waals surface area contributed by atoms with Gasteiger partial charge in [-0.05, 0) is 31.7 Å². The number of hydrogen-bond acceptors (Lipinski definition) is 3. The Bertz CT molecular complexity index is 622. The van der Waals surface area contributed by atoms with Crippen LogP contribution in [-0.4, -0.2) is 49.2 Å². The lowest BCUT2D eigenvalue weighted by Gasteiger charge is -2.31. The van der Waals surface area contributed by atoms with Crippen molar-refractivity contribution in [3.63, 3.8) is 0 Å². The highest BCUT2D eigenvalue weighted by Crippen LogP contribution is 2.18. The SMILES string of the molecule is CCOC(=O)N1CCC(NC(=O)C[NH2+][C@@H](c2ccc(CC)cc2)C(C)C)CC1. The van der Waals surface area contributed by atoms with Crippen LogP contribution in [0.25, 0.3) is 0 Å². The molecule has 0 aliphatic carbocycles. The lowest BCUT2D eigenvalue weighted by Crippen LogP contribution is -2.88. The maximum absolute atomic E-state index is 12.4. The summed E-state index contributed by atoms with van der Waals surface area (Å²) in [5, 5.41) is 5.26. The number of carbonyl (C=O) groups is 2. The average Bonchev–Trinajstić information content (AvgIpc) is 2.69. The number of aryl methyl sites for hydroxylation is 1. The summed E-state index contributed by atoms with van der Waals surface area (Å²) in [5.41, 5.74) is 2.60. The minimum absolute atomic E-state index is 0.0606. The fourth-order valence-electron chi connectivity index (χ4n) is 3.71. The zero-order valence-electron chi connectivity index (χ0n) is 17.7. The fraction of sp³-hybridized carbons (Fsp3) is 0.636. The number of ether oxygens (including phenoxy) is 1. The molecular weight excluding hydrogens is 354 g/mol. The van der Waals surface area contributed by atoms with Gasteiger partial charge in [0, 0.05) is 30.6 Å². The molecule has 156 valence electrons. The Kier molecular flexibility index (Phi) is 8.77. The summed E-state index contributed by atoms with van der Waals surface area (Å²) >= 11 is 0. The van der Waals surface area contributed by atoms with E-state index in [2.05, 4.69) is 55.7 Å². The summed E-state index contributed by atoms with van der Waals surface area (Å²) in [6, 6.07) is 9.12. The van der Waals surface area contributed by atoms with Gasteiger partial charge in [0.05, 0.1) is 6.61 Å². The Morgan fingerprint density at radius 1 is 1.18 bits per heavy atom.